The number of H-pyrrole nitrogens is 1. The monoisotopic (exact) mass is 374 g/mol. The number of rotatable bonds is 5. The number of aromatic amines is 1. The van der Waals surface area contributed by atoms with E-state index >= 15 is 0 Å². The number of sulfonamides is 1. The van der Waals surface area contributed by atoms with Crippen molar-refractivity contribution in [1.82, 2.24) is 10.2 Å². The number of nitrogens with zero attached hydrogens (tertiary/aromatic N) is 1. The first-order valence-corrected chi connectivity index (χ1v) is 9.03. The van der Waals surface area contributed by atoms with Crippen LogP contribution >= 0.6 is 0 Å². The fourth-order valence-corrected chi connectivity index (χ4v) is 3.26. The predicted molar refractivity (Wildman–Crippen MR) is 94.9 cm³/mol. The second-order valence-electron chi connectivity index (χ2n) is 5.52. The third kappa shape index (κ3) is 3.89. The molecule has 1 amide bonds. The smallest absolute Gasteiger partial charge is 0.261 e. The highest BCUT2D eigenvalue weighted by Crippen LogP contribution is 2.19. The molecule has 3 rings (SSSR count). The van der Waals surface area contributed by atoms with Gasteiger partial charge in [0, 0.05) is 17.3 Å². The Kier molecular flexibility index (Phi) is 4.72. The average molecular weight is 374 g/mol. The summed E-state index contributed by atoms with van der Waals surface area (Å²) in [6.45, 7) is 1.54. The van der Waals surface area contributed by atoms with Crippen molar-refractivity contribution in [2.24, 2.45) is 0 Å². The number of nitrogens with one attached hydrogen (secondary N) is 3. The van der Waals surface area contributed by atoms with Crippen molar-refractivity contribution in [3.05, 3.63) is 71.7 Å². The van der Waals surface area contributed by atoms with Gasteiger partial charge in [0.1, 0.15) is 11.6 Å². The standard InChI is InChI=1S/C17H15FN4O3S/c1-11-5-6-14(10-15(11)18)26(24,25)22-13-4-2-3-12(9-13)17(23)20-16-7-8-19-21-16/h2-10,22H,1H3,(H2,19,20,21,23). The fourth-order valence-electron chi connectivity index (χ4n) is 2.20. The van der Waals surface area contributed by atoms with Crippen LogP contribution in [0, 0.1) is 12.7 Å². The molecule has 0 aliphatic heterocycles. The Hall–Kier alpha value is -3.20. The van der Waals surface area contributed by atoms with Crippen molar-refractivity contribution in [3.8, 4) is 0 Å². The SMILES string of the molecule is Cc1ccc(S(=O)(=O)Nc2cccc(C(=O)Nc3ccn[nH]3)c2)cc1F. The highest BCUT2D eigenvalue weighted by Gasteiger charge is 2.17. The highest BCUT2D eigenvalue weighted by molar-refractivity contribution is 7.92. The quantitative estimate of drug-likeness (QED) is 0.639. The molecule has 134 valence electrons. The molecule has 0 aliphatic carbocycles. The van der Waals surface area contributed by atoms with Gasteiger partial charge in [-0.3, -0.25) is 14.6 Å². The van der Waals surface area contributed by atoms with E-state index in [4.69, 9.17) is 0 Å². The van der Waals surface area contributed by atoms with Crippen LogP contribution in [0.1, 0.15) is 15.9 Å². The Morgan fingerprint density at radius 2 is 1.96 bits per heavy atom. The van der Waals surface area contributed by atoms with Crippen molar-refractivity contribution < 1.29 is 17.6 Å². The van der Waals surface area contributed by atoms with Gasteiger partial charge in [-0.2, -0.15) is 5.10 Å². The Morgan fingerprint density at radius 3 is 2.65 bits per heavy atom. The van der Waals surface area contributed by atoms with Gasteiger partial charge in [0.2, 0.25) is 0 Å². The Morgan fingerprint density at radius 1 is 1.15 bits per heavy atom. The molecule has 1 heterocycles. The second kappa shape index (κ2) is 6.96. The van der Waals surface area contributed by atoms with E-state index in [1.165, 1.54) is 42.6 Å². The van der Waals surface area contributed by atoms with Crippen LogP contribution in [0.4, 0.5) is 15.9 Å². The number of hydrogen-bond donors (Lipinski definition) is 3. The van der Waals surface area contributed by atoms with Gasteiger partial charge >= 0.3 is 0 Å². The van der Waals surface area contributed by atoms with Crippen LogP contribution in [0.5, 0.6) is 0 Å². The van der Waals surface area contributed by atoms with Crippen LogP contribution < -0.4 is 10.0 Å². The van der Waals surface area contributed by atoms with Gasteiger partial charge in [0.15, 0.2) is 0 Å². The molecule has 0 radical (unpaired) electrons. The molecule has 1 aromatic heterocycles. The van der Waals surface area contributed by atoms with E-state index in [1.807, 2.05) is 0 Å². The van der Waals surface area contributed by atoms with Crippen LogP contribution in [0.25, 0.3) is 0 Å². The van der Waals surface area contributed by atoms with Crippen molar-refractivity contribution in [3.63, 3.8) is 0 Å². The van der Waals surface area contributed by atoms with Gasteiger partial charge in [-0.15, -0.1) is 0 Å². The van der Waals surface area contributed by atoms with E-state index in [0.29, 0.717) is 11.4 Å². The maximum Gasteiger partial charge on any atom is 0.261 e. The maximum atomic E-state index is 13.6. The van der Waals surface area contributed by atoms with Crippen molar-refractivity contribution >= 4 is 27.4 Å². The molecule has 0 saturated carbocycles. The normalized spacial score (nSPS) is 11.2. The molecule has 0 atom stereocenters. The Balaban J connectivity index is 1.81. The minimum Gasteiger partial charge on any atom is -0.307 e. The van der Waals surface area contributed by atoms with Crippen molar-refractivity contribution in [2.75, 3.05) is 10.0 Å². The maximum absolute atomic E-state index is 13.6. The van der Waals surface area contributed by atoms with E-state index in [2.05, 4.69) is 20.2 Å². The zero-order valence-electron chi connectivity index (χ0n) is 13.7. The molecule has 0 saturated heterocycles. The molecule has 7 nitrogen and oxygen atoms in total. The first-order chi connectivity index (χ1) is 12.3. The highest BCUT2D eigenvalue weighted by atomic mass is 32.2. The molecule has 2 aromatic carbocycles. The van der Waals surface area contributed by atoms with Gasteiger partial charge < -0.3 is 5.32 Å². The molecule has 9 heteroatoms. The summed E-state index contributed by atoms with van der Waals surface area (Å²) in [7, 11) is -3.98. The van der Waals surface area contributed by atoms with Crippen molar-refractivity contribution in [1.29, 1.82) is 0 Å². The summed E-state index contributed by atoms with van der Waals surface area (Å²) >= 11 is 0. The molecule has 3 aromatic rings. The summed E-state index contributed by atoms with van der Waals surface area (Å²) in [5.41, 5.74) is 0.777. The Bertz CT molecular complexity index is 1050. The average Bonchev–Trinajstić information content (AvgIpc) is 3.10. The lowest BCUT2D eigenvalue weighted by Gasteiger charge is -2.10. The number of carbonyl (C=O) groups excluding carboxylic acids is 1. The lowest BCUT2D eigenvalue weighted by atomic mass is 10.2. The summed E-state index contributed by atoms with van der Waals surface area (Å²) in [5.74, 6) is -0.631. The van der Waals surface area contributed by atoms with E-state index in [1.54, 1.807) is 13.0 Å². The fraction of sp³-hybridized carbons (Fsp3) is 0.0588. The lowest BCUT2D eigenvalue weighted by Crippen LogP contribution is -2.15. The third-order valence-electron chi connectivity index (χ3n) is 3.58. The van der Waals surface area contributed by atoms with E-state index < -0.39 is 21.7 Å². The predicted octanol–water partition coefficient (Wildman–Crippen LogP) is 2.91. The molecule has 0 aliphatic rings. The first kappa shape index (κ1) is 17.6. The molecule has 0 fully saturated rings. The number of halogens is 1. The van der Waals surface area contributed by atoms with Crippen LogP contribution in [0.2, 0.25) is 0 Å². The molecule has 0 bridgehead atoms. The third-order valence-corrected chi connectivity index (χ3v) is 4.96. The van der Waals surface area contributed by atoms with Crippen LogP contribution in [-0.4, -0.2) is 24.5 Å². The molecule has 3 N–H and O–H groups in total. The molecule has 0 spiro atoms. The number of carbonyl (C=O) groups is 1. The van der Waals surface area contributed by atoms with E-state index in [9.17, 15) is 17.6 Å². The Labute approximate surface area is 149 Å². The second-order valence-corrected chi connectivity index (χ2v) is 7.20. The van der Waals surface area contributed by atoms with Gasteiger partial charge in [-0.25, -0.2) is 12.8 Å². The summed E-state index contributed by atoms with van der Waals surface area (Å²) < 4.78 is 40.8. The number of amides is 1. The van der Waals surface area contributed by atoms with Crippen molar-refractivity contribution in [2.45, 2.75) is 11.8 Å². The largest absolute Gasteiger partial charge is 0.307 e. The first-order valence-electron chi connectivity index (χ1n) is 7.55. The molecular weight excluding hydrogens is 359 g/mol. The molecule has 0 unspecified atom stereocenters. The topological polar surface area (TPSA) is 104 Å². The number of anilines is 2. The number of aryl methyl sites for hydroxylation is 1. The van der Waals surface area contributed by atoms with Crippen LogP contribution in [0.15, 0.2) is 59.6 Å². The summed E-state index contributed by atoms with van der Waals surface area (Å²) in [6.07, 6.45) is 1.49. The van der Waals surface area contributed by atoms with Gasteiger partial charge in [-0.05, 0) is 42.8 Å². The molecular formula is C17H15FN4O3S. The minimum atomic E-state index is -3.98. The number of benzene rings is 2. The minimum absolute atomic E-state index is 0.184. The number of aromatic nitrogens is 2. The van der Waals surface area contributed by atoms with E-state index in [0.717, 1.165) is 6.07 Å². The van der Waals surface area contributed by atoms with Gasteiger partial charge in [0.25, 0.3) is 15.9 Å². The van der Waals surface area contributed by atoms with Gasteiger partial charge in [-0.1, -0.05) is 12.1 Å². The zero-order chi connectivity index (χ0) is 18.7. The molecule has 26 heavy (non-hydrogen) atoms. The zero-order valence-corrected chi connectivity index (χ0v) is 14.5. The summed E-state index contributed by atoms with van der Waals surface area (Å²) in [4.78, 5) is 12.0. The van der Waals surface area contributed by atoms with E-state index in [-0.39, 0.29) is 16.1 Å². The number of hydrogen-bond acceptors (Lipinski definition) is 4. The summed E-state index contributed by atoms with van der Waals surface area (Å²) in [5, 5.41) is 8.90. The summed E-state index contributed by atoms with van der Waals surface area (Å²) in [6, 6.07) is 11.2. The van der Waals surface area contributed by atoms with Crippen LogP contribution in [0.3, 0.4) is 0 Å². The van der Waals surface area contributed by atoms with Crippen LogP contribution in [-0.2, 0) is 10.0 Å². The lowest BCUT2D eigenvalue weighted by molar-refractivity contribution is 0.102. The van der Waals surface area contributed by atoms with Gasteiger partial charge in [0.05, 0.1) is 11.1 Å².